The number of hydrogen-bond donors (Lipinski definition) is 1. The van der Waals surface area contributed by atoms with Gasteiger partial charge >= 0.3 is 0 Å². The highest BCUT2D eigenvalue weighted by atomic mass is 32.2. The first-order chi connectivity index (χ1) is 15.9. The SMILES string of the molecule is CCOc1cccc2sc(=NC(=O)c3cccc(NS(=O)(=O)c4ccccc4)c3)n(CC)c12. The average Bonchev–Trinajstić information content (AvgIpc) is 3.17. The Bertz CT molecular complexity index is 1470. The highest BCUT2D eigenvalue weighted by Crippen LogP contribution is 2.27. The number of thiazole rings is 1. The number of carbonyl (C=O) groups excluding carboxylic acids is 1. The molecule has 170 valence electrons. The van der Waals surface area contributed by atoms with E-state index in [0.717, 1.165) is 16.0 Å². The van der Waals surface area contributed by atoms with Crippen molar-refractivity contribution in [3.63, 3.8) is 0 Å². The van der Waals surface area contributed by atoms with Crippen LogP contribution in [0, 0.1) is 0 Å². The van der Waals surface area contributed by atoms with E-state index < -0.39 is 15.9 Å². The molecule has 1 aromatic heterocycles. The first kappa shape index (κ1) is 22.8. The van der Waals surface area contributed by atoms with E-state index in [-0.39, 0.29) is 10.5 Å². The van der Waals surface area contributed by atoms with Crippen molar-refractivity contribution in [2.45, 2.75) is 25.3 Å². The summed E-state index contributed by atoms with van der Waals surface area (Å²) in [6, 6.07) is 20.2. The monoisotopic (exact) mass is 481 g/mol. The lowest BCUT2D eigenvalue weighted by molar-refractivity contribution is 0.0998. The maximum Gasteiger partial charge on any atom is 0.279 e. The van der Waals surface area contributed by atoms with Crippen molar-refractivity contribution in [2.24, 2.45) is 4.99 Å². The number of aryl methyl sites for hydroxylation is 1. The molecule has 3 aromatic carbocycles. The van der Waals surface area contributed by atoms with E-state index in [1.54, 1.807) is 36.4 Å². The number of fused-ring (bicyclic) bond motifs is 1. The fourth-order valence-corrected chi connectivity index (χ4v) is 5.61. The molecule has 4 aromatic rings. The van der Waals surface area contributed by atoms with Gasteiger partial charge in [-0.05, 0) is 56.3 Å². The van der Waals surface area contributed by atoms with Crippen LogP contribution < -0.4 is 14.3 Å². The van der Waals surface area contributed by atoms with Gasteiger partial charge in [-0.1, -0.05) is 41.7 Å². The van der Waals surface area contributed by atoms with Crippen LogP contribution in [0.5, 0.6) is 5.75 Å². The molecule has 33 heavy (non-hydrogen) atoms. The van der Waals surface area contributed by atoms with Gasteiger partial charge in [0.2, 0.25) is 0 Å². The highest BCUT2D eigenvalue weighted by molar-refractivity contribution is 7.92. The fraction of sp³-hybridized carbons (Fsp3) is 0.167. The highest BCUT2D eigenvalue weighted by Gasteiger charge is 2.15. The third-order valence-corrected chi connectivity index (χ3v) is 7.33. The van der Waals surface area contributed by atoms with E-state index in [2.05, 4.69) is 9.71 Å². The molecule has 7 nitrogen and oxygen atoms in total. The van der Waals surface area contributed by atoms with Gasteiger partial charge in [0.1, 0.15) is 11.3 Å². The number of amides is 1. The van der Waals surface area contributed by atoms with Crippen LogP contribution in [0.2, 0.25) is 0 Å². The summed E-state index contributed by atoms with van der Waals surface area (Å²) in [6.07, 6.45) is 0. The minimum Gasteiger partial charge on any atom is -0.492 e. The minimum absolute atomic E-state index is 0.144. The van der Waals surface area contributed by atoms with Gasteiger partial charge in [0.15, 0.2) is 4.80 Å². The molecule has 0 saturated heterocycles. The lowest BCUT2D eigenvalue weighted by atomic mass is 10.2. The summed E-state index contributed by atoms with van der Waals surface area (Å²) < 4.78 is 36.4. The topological polar surface area (TPSA) is 89.8 Å². The van der Waals surface area contributed by atoms with Crippen molar-refractivity contribution in [2.75, 3.05) is 11.3 Å². The predicted octanol–water partition coefficient (Wildman–Crippen LogP) is 4.66. The number of aromatic nitrogens is 1. The maximum absolute atomic E-state index is 13.0. The molecule has 0 atom stereocenters. The fourth-order valence-electron chi connectivity index (χ4n) is 3.43. The molecule has 0 fully saturated rings. The molecule has 0 aliphatic heterocycles. The largest absolute Gasteiger partial charge is 0.492 e. The number of hydrogen-bond acceptors (Lipinski definition) is 5. The van der Waals surface area contributed by atoms with Crippen LogP contribution in [0.4, 0.5) is 5.69 Å². The van der Waals surface area contributed by atoms with E-state index in [4.69, 9.17) is 4.74 Å². The molecular weight excluding hydrogens is 458 g/mol. The number of nitrogens with one attached hydrogen (secondary N) is 1. The second-order valence-corrected chi connectivity index (χ2v) is 9.77. The summed E-state index contributed by atoms with van der Waals surface area (Å²) in [5, 5.41) is 0. The number of rotatable bonds is 7. The Balaban J connectivity index is 1.69. The number of nitrogens with zero attached hydrogens (tertiary/aromatic N) is 2. The van der Waals surface area contributed by atoms with Crippen LogP contribution in [-0.4, -0.2) is 25.5 Å². The lowest BCUT2D eigenvalue weighted by Crippen LogP contribution is -2.16. The van der Waals surface area contributed by atoms with Gasteiger partial charge in [-0.2, -0.15) is 4.99 Å². The number of sulfonamides is 1. The zero-order valence-corrected chi connectivity index (χ0v) is 19.8. The molecule has 0 unspecified atom stereocenters. The van der Waals surface area contributed by atoms with E-state index in [0.29, 0.717) is 23.6 Å². The van der Waals surface area contributed by atoms with Gasteiger partial charge in [0.25, 0.3) is 15.9 Å². The smallest absolute Gasteiger partial charge is 0.279 e. The second kappa shape index (κ2) is 9.60. The van der Waals surface area contributed by atoms with Crippen LogP contribution in [0.25, 0.3) is 10.2 Å². The van der Waals surface area contributed by atoms with Gasteiger partial charge in [0.05, 0.1) is 16.2 Å². The molecule has 0 saturated carbocycles. The Kier molecular flexibility index (Phi) is 6.62. The van der Waals surface area contributed by atoms with Crippen molar-refractivity contribution in [1.29, 1.82) is 0 Å². The van der Waals surface area contributed by atoms with E-state index in [1.807, 2.05) is 36.6 Å². The maximum atomic E-state index is 13.0. The molecular formula is C24H23N3O4S2. The summed E-state index contributed by atoms with van der Waals surface area (Å²) in [7, 11) is -3.76. The van der Waals surface area contributed by atoms with Gasteiger partial charge in [-0.15, -0.1) is 0 Å². The van der Waals surface area contributed by atoms with Gasteiger partial charge in [0, 0.05) is 17.8 Å². The quantitative estimate of drug-likeness (QED) is 0.416. The summed E-state index contributed by atoms with van der Waals surface area (Å²) >= 11 is 1.41. The van der Waals surface area contributed by atoms with Crippen LogP contribution in [-0.2, 0) is 16.6 Å². The van der Waals surface area contributed by atoms with Gasteiger partial charge in [-0.25, -0.2) is 8.42 Å². The van der Waals surface area contributed by atoms with E-state index in [1.165, 1.54) is 29.5 Å². The first-order valence-corrected chi connectivity index (χ1v) is 12.7. The molecule has 9 heteroatoms. The molecule has 0 aliphatic carbocycles. The molecule has 0 radical (unpaired) electrons. The van der Waals surface area contributed by atoms with Crippen molar-refractivity contribution < 1.29 is 17.9 Å². The molecule has 1 heterocycles. The van der Waals surface area contributed by atoms with Crippen molar-refractivity contribution in [3.05, 3.63) is 83.2 Å². The Morgan fingerprint density at radius 3 is 2.52 bits per heavy atom. The molecule has 1 N–H and O–H groups in total. The molecule has 1 amide bonds. The number of benzene rings is 3. The molecule has 4 rings (SSSR count). The summed E-state index contributed by atoms with van der Waals surface area (Å²) in [6.45, 7) is 5.07. The van der Waals surface area contributed by atoms with Crippen LogP contribution in [0.1, 0.15) is 24.2 Å². The van der Waals surface area contributed by atoms with Crippen LogP contribution in [0.15, 0.2) is 82.7 Å². The normalized spacial score (nSPS) is 12.1. The summed E-state index contributed by atoms with van der Waals surface area (Å²) in [4.78, 5) is 18.0. The van der Waals surface area contributed by atoms with Crippen LogP contribution >= 0.6 is 11.3 Å². The Morgan fingerprint density at radius 1 is 1.03 bits per heavy atom. The minimum atomic E-state index is -3.76. The number of carbonyl (C=O) groups is 1. The number of para-hydroxylation sites is 1. The van der Waals surface area contributed by atoms with Crippen LogP contribution in [0.3, 0.4) is 0 Å². The second-order valence-electron chi connectivity index (χ2n) is 7.08. The Labute approximate surface area is 196 Å². The standard InChI is InChI=1S/C24H23N3O4S2/c1-3-27-22-20(31-4-2)14-9-15-21(22)32-24(27)25-23(28)17-10-8-11-18(16-17)26-33(29,30)19-12-6-5-7-13-19/h5-16,26H,3-4H2,1-2H3. The molecule has 0 bridgehead atoms. The zero-order chi connectivity index (χ0) is 23.4. The summed E-state index contributed by atoms with van der Waals surface area (Å²) in [5.41, 5.74) is 1.48. The van der Waals surface area contributed by atoms with Gasteiger partial charge < -0.3 is 9.30 Å². The van der Waals surface area contributed by atoms with Crippen molar-refractivity contribution >= 4 is 43.2 Å². The summed E-state index contributed by atoms with van der Waals surface area (Å²) in [5.74, 6) is 0.293. The number of ether oxygens (including phenoxy) is 1. The predicted molar refractivity (Wildman–Crippen MR) is 130 cm³/mol. The zero-order valence-electron chi connectivity index (χ0n) is 18.2. The lowest BCUT2D eigenvalue weighted by Gasteiger charge is -2.09. The van der Waals surface area contributed by atoms with Gasteiger partial charge in [-0.3, -0.25) is 9.52 Å². The third-order valence-electron chi connectivity index (χ3n) is 4.89. The Morgan fingerprint density at radius 2 is 1.79 bits per heavy atom. The average molecular weight is 482 g/mol. The first-order valence-electron chi connectivity index (χ1n) is 10.4. The van der Waals surface area contributed by atoms with E-state index >= 15 is 0 Å². The van der Waals surface area contributed by atoms with E-state index in [9.17, 15) is 13.2 Å². The number of anilines is 1. The van der Waals surface area contributed by atoms with Crippen molar-refractivity contribution in [1.82, 2.24) is 4.57 Å². The van der Waals surface area contributed by atoms with Crippen molar-refractivity contribution in [3.8, 4) is 5.75 Å². The third kappa shape index (κ3) is 4.84. The molecule has 0 aliphatic rings. The molecule has 0 spiro atoms. The Hall–Kier alpha value is -3.43.